The van der Waals surface area contributed by atoms with Gasteiger partial charge >= 0.3 is 6.09 Å². The summed E-state index contributed by atoms with van der Waals surface area (Å²) in [7, 11) is 0. The van der Waals surface area contributed by atoms with Crippen LogP contribution in [0.2, 0.25) is 0 Å². The van der Waals surface area contributed by atoms with Gasteiger partial charge < -0.3 is 20.7 Å². The number of rotatable bonds is 7. The molecular formula is C22H26BrN3O4. The summed E-state index contributed by atoms with van der Waals surface area (Å²) in [6.07, 6.45) is -0.416. The topological polar surface area (TPSA) is 96.5 Å². The summed E-state index contributed by atoms with van der Waals surface area (Å²) in [6.45, 7) is 5.27. The average Bonchev–Trinajstić information content (AvgIpc) is 2.66. The fraction of sp³-hybridized carbons (Fsp3) is 0.318. The predicted molar refractivity (Wildman–Crippen MR) is 119 cm³/mol. The third-order valence-electron chi connectivity index (χ3n) is 3.87. The molecule has 0 aromatic heterocycles. The van der Waals surface area contributed by atoms with E-state index >= 15 is 0 Å². The first-order valence-electron chi connectivity index (χ1n) is 9.49. The molecule has 2 aromatic rings. The van der Waals surface area contributed by atoms with Gasteiger partial charge in [0.05, 0.1) is 6.42 Å². The van der Waals surface area contributed by atoms with Crippen LogP contribution in [0, 0.1) is 0 Å². The van der Waals surface area contributed by atoms with E-state index in [4.69, 9.17) is 4.74 Å². The van der Waals surface area contributed by atoms with Crippen molar-refractivity contribution in [1.82, 2.24) is 10.6 Å². The molecule has 2 aromatic carbocycles. The van der Waals surface area contributed by atoms with Gasteiger partial charge in [0.1, 0.15) is 12.1 Å². The average molecular weight is 476 g/mol. The minimum atomic E-state index is -0.662. The number of alkyl carbamates (subject to hydrolysis) is 1. The summed E-state index contributed by atoms with van der Waals surface area (Å²) in [4.78, 5) is 36.1. The molecule has 7 nitrogen and oxygen atoms in total. The fourth-order valence-corrected chi connectivity index (χ4v) is 2.95. The first-order valence-corrected chi connectivity index (χ1v) is 10.3. The molecule has 3 N–H and O–H groups in total. The lowest BCUT2D eigenvalue weighted by atomic mass is 10.1. The van der Waals surface area contributed by atoms with E-state index < -0.39 is 17.6 Å². The Hall–Kier alpha value is -2.87. The number of carbonyl (C=O) groups is 3. The molecular weight excluding hydrogens is 450 g/mol. The lowest BCUT2D eigenvalue weighted by Crippen LogP contribution is -2.37. The van der Waals surface area contributed by atoms with Gasteiger partial charge in [0.25, 0.3) is 0 Å². The van der Waals surface area contributed by atoms with Gasteiger partial charge in [-0.25, -0.2) is 4.79 Å². The lowest BCUT2D eigenvalue weighted by molar-refractivity contribution is -0.120. The van der Waals surface area contributed by atoms with E-state index in [9.17, 15) is 14.4 Å². The van der Waals surface area contributed by atoms with E-state index in [0.717, 1.165) is 15.6 Å². The molecule has 0 saturated carbocycles. The van der Waals surface area contributed by atoms with Crippen LogP contribution in [0.3, 0.4) is 0 Å². The Balaban J connectivity index is 1.88. The Morgan fingerprint density at radius 3 is 2.20 bits per heavy atom. The zero-order valence-corrected chi connectivity index (χ0v) is 18.8. The molecule has 0 unspecified atom stereocenters. The van der Waals surface area contributed by atoms with Crippen LogP contribution in [0.15, 0.2) is 53.0 Å². The normalized spacial score (nSPS) is 10.8. The molecule has 0 radical (unpaired) electrons. The van der Waals surface area contributed by atoms with E-state index in [1.54, 1.807) is 32.9 Å². The van der Waals surface area contributed by atoms with Crippen molar-refractivity contribution in [2.75, 3.05) is 11.9 Å². The highest BCUT2D eigenvalue weighted by Crippen LogP contribution is 2.17. The van der Waals surface area contributed by atoms with Crippen LogP contribution in [-0.4, -0.2) is 30.1 Å². The number of benzene rings is 2. The Bertz CT molecular complexity index is 909. The zero-order chi connectivity index (χ0) is 22.1. The molecule has 30 heavy (non-hydrogen) atoms. The number of halogens is 1. The van der Waals surface area contributed by atoms with Crippen LogP contribution >= 0.6 is 15.9 Å². The minimum absolute atomic E-state index is 0.130. The maximum atomic E-state index is 12.3. The Morgan fingerprint density at radius 1 is 0.900 bits per heavy atom. The van der Waals surface area contributed by atoms with Gasteiger partial charge in [-0.15, -0.1) is 0 Å². The fourth-order valence-electron chi connectivity index (χ4n) is 2.53. The van der Waals surface area contributed by atoms with Crippen LogP contribution < -0.4 is 16.0 Å². The van der Waals surface area contributed by atoms with Crippen molar-refractivity contribution in [3.8, 4) is 0 Å². The summed E-state index contributed by atoms with van der Waals surface area (Å²) in [5, 5.41) is 8.02. The number of ether oxygens (including phenoxy) is 1. The van der Waals surface area contributed by atoms with E-state index in [0.29, 0.717) is 5.69 Å². The maximum Gasteiger partial charge on any atom is 0.408 e. The van der Waals surface area contributed by atoms with Gasteiger partial charge in [0, 0.05) is 16.7 Å². The van der Waals surface area contributed by atoms with Crippen LogP contribution in [0.25, 0.3) is 0 Å². The van der Waals surface area contributed by atoms with Crippen LogP contribution in [0.1, 0.15) is 31.9 Å². The molecule has 0 aliphatic heterocycles. The summed E-state index contributed by atoms with van der Waals surface area (Å²) in [5.41, 5.74) is 1.57. The number of anilines is 1. The number of para-hydroxylation sites is 1. The third-order valence-corrected chi connectivity index (χ3v) is 4.64. The number of amides is 3. The molecule has 0 bridgehead atoms. The second kappa shape index (κ2) is 10.8. The Kier molecular flexibility index (Phi) is 8.41. The molecule has 3 amide bonds. The van der Waals surface area contributed by atoms with Gasteiger partial charge in [-0.1, -0.05) is 52.3 Å². The van der Waals surface area contributed by atoms with Crippen molar-refractivity contribution in [1.29, 1.82) is 0 Å². The van der Waals surface area contributed by atoms with Crippen molar-refractivity contribution in [2.24, 2.45) is 0 Å². The molecule has 0 aliphatic rings. The minimum Gasteiger partial charge on any atom is -0.444 e. The molecule has 0 spiro atoms. The largest absolute Gasteiger partial charge is 0.444 e. The van der Waals surface area contributed by atoms with E-state index in [-0.39, 0.29) is 25.4 Å². The summed E-state index contributed by atoms with van der Waals surface area (Å²) in [5.74, 6) is -0.525. The molecule has 2 rings (SSSR count). The molecule has 0 heterocycles. The molecule has 0 saturated heterocycles. The Labute approximate surface area is 184 Å². The predicted octanol–water partition coefficient (Wildman–Crippen LogP) is 3.77. The van der Waals surface area contributed by atoms with Gasteiger partial charge in [0.15, 0.2) is 0 Å². The summed E-state index contributed by atoms with van der Waals surface area (Å²) >= 11 is 3.43. The number of hydrogen-bond acceptors (Lipinski definition) is 4. The quantitative estimate of drug-likeness (QED) is 0.567. The van der Waals surface area contributed by atoms with Crippen molar-refractivity contribution < 1.29 is 19.1 Å². The van der Waals surface area contributed by atoms with Crippen molar-refractivity contribution in [3.05, 3.63) is 64.1 Å². The van der Waals surface area contributed by atoms with Crippen LogP contribution in [0.5, 0.6) is 0 Å². The third kappa shape index (κ3) is 8.24. The highest BCUT2D eigenvalue weighted by Gasteiger charge is 2.17. The monoisotopic (exact) mass is 475 g/mol. The second-order valence-electron chi connectivity index (χ2n) is 7.61. The molecule has 0 fully saturated rings. The molecule has 0 atom stereocenters. The molecule has 160 valence electrons. The van der Waals surface area contributed by atoms with Crippen LogP contribution in [0.4, 0.5) is 10.5 Å². The van der Waals surface area contributed by atoms with E-state index in [1.807, 2.05) is 36.4 Å². The van der Waals surface area contributed by atoms with Crippen LogP contribution in [-0.2, 0) is 27.3 Å². The van der Waals surface area contributed by atoms with Crippen molar-refractivity contribution >= 4 is 39.5 Å². The first kappa shape index (κ1) is 23.4. The van der Waals surface area contributed by atoms with Crippen molar-refractivity contribution in [2.45, 2.75) is 39.3 Å². The van der Waals surface area contributed by atoms with Gasteiger partial charge in [-0.05, 0) is 44.0 Å². The first-order chi connectivity index (χ1) is 14.1. The maximum absolute atomic E-state index is 12.3. The smallest absolute Gasteiger partial charge is 0.408 e. The number of hydrogen-bond donors (Lipinski definition) is 3. The van der Waals surface area contributed by atoms with E-state index in [1.165, 1.54) is 0 Å². The van der Waals surface area contributed by atoms with Gasteiger partial charge in [-0.2, -0.15) is 0 Å². The number of nitrogens with one attached hydrogen (secondary N) is 3. The van der Waals surface area contributed by atoms with Gasteiger partial charge in [0.2, 0.25) is 11.8 Å². The SMILES string of the molecule is CC(C)(C)OC(=O)NCC(=O)Nc1ccccc1CNC(=O)Cc1ccccc1Br. The highest BCUT2D eigenvalue weighted by molar-refractivity contribution is 9.10. The van der Waals surface area contributed by atoms with E-state index in [2.05, 4.69) is 31.9 Å². The van der Waals surface area contributed by atoms with Crippen molar-refractivity contribution in [3.63, 3.8) is 0 Å². The Morgan fingerprint density at radius 2 is 1.53 bits per heavy atom. The molecule has 0 aliphatic carbocycles. The second-order valence-corrected chi connectivity index (χ2v) is 8.46. The molecule has 8 heteroatoms. The lowest BCUT2D eigenvalue weighted by Gasteiger charge is -2.19. The zero-order valence-electron chi connectivity index (χ0n) is 17.3. The summed E-state index contributed by atoms with van der Waals surface area (Å²) in [6, 6.07) is 14.7. The van der Waals surface area contributed by atoms with Gasteiger partial charge in [-0.3, -0.25) is 9.59 Å². The standard InChI is InChI=1S/C22H26BrN3O4/c1-22(2,3)30-21(29)25-14-20(28)26-18-11-7-5-9-16(18)13-24-19(27)12-15-8-4-6-10-17(15)23/h4-11H,12-14H2,1-3H3,(H,24,27)(H,25,29)(H,26,28). The summed E-state index contributed by atoms with van der Waals surface area (Å²) < 4.78 is 5.98. The number of carbonyl (C=O) groups excluding carboxylic acids is 3. The highest BCUT2D eigenvalue weighted by atomic mass is 79.9.